The second-order valence-corrected chi connectivity index (χ2v) is 8.25. The maximum atomic E-state index is 13.0. The Kier molecular flexibility index (Phi) is 6.14. The number of carbonyl (C=O) groups excluding carboxylic acids is 1. The Morgan fingerprint density at radius 3 is 2.54 bits per heavy atom. The van der Waals surface area contributed by atoms with E-state index >= 15 is 0 Å². The summed E-state index contributed by atoms with van der Waals surface area (Å²) in [5.74, 6) is 1.76. The molecule has 10 nitrogen and oxygen atoms in total. The number of aromatic nitrogens is 3. The van der Waals surface area contributed by atoms with Crippen molar-refractivity contribution in [3.05, 3.63) is 76.6 Å². The van der Waals surface area contributed by atoms with Crippen LogP contribution >= 0.6 is 0 Å². The van der Waals surface area contributed by atoms with E-state index in [4.69, 9.17) is 25.0 Å². The monoisotopic (exact) mass is 500 g/mol. The van der Waals surface area contributed by atoms with Gasteiger partial charge >= 0.3 is 5.97 Å². The molecule has 0 aliphatic heterocycles. The number of hydrogen-bond acceptors (Lipinski definition) is 8. The summed E-state index contributed by atoms with van der Waals surface area (Å²) < 4.78 is 23.1. The molecular formula is C27H24N4O6. The van der Waals surface area contributed by atoms with E-state index in [2.05, 4.69) is 9.72 Å². The number of ether oxygens (including phenoxy) is 4. The lowest BCUT2D eigenvalue weighted by Gasteiger charge is -2.15. The number of methoxy groups -OCH3 is 2. The highest BCUT2D eigenvalue weighted by atomic mass is 16.6. The van der Waals surface area contributed by atoms with E-state index in [0.717, 1.165) is 5.56 Å². The summed E-state index contributed by atoms with van der Waals surface area (Å²) in [4.78, 5) is 27.2. The van der Waals surface area contributed by atoms with Crippen LogP contribution < -0.4 is 25.5 Å². The maximum absolute atomic E-state index is 13.0. The van der Waals surface area contributed by atoms with Crippen LogP contribution in [0.15, 0.2) is 65.5 Å². The van der Waals surface area contributed by atoms with Gasteiger partial charge in [0.1, 0.15) is 28.2 Å². The molecule has 0 atom stereocenters. The predicted molar refractivity (Wildman–Crippen MR) is 139 cm³/mol. The van der Waals surface area contributed by atoms with E-state index in [0.29, 0.717) is 45.1 Å². The van der Waals surface area contributed by atoms with Crippen molar-refractivity contribution >= 4 is 33.6 Å². The topological polar surface area (TPSA) is 131 Å². The zero-order valence-electron chi connectivity index (χ0n) is 20.4. The number of aryl methyl sites for hydroxylation is 1. The third-order valence-electron chi connectivity index (χ3n) is 5.91. The summed E-state index contributed by atoms with van der Waals surface area (Å²) >= 11 is 0. The van der Waals surface area contributed by atoms with Crippen LogP contribution in [-0.4, -0.2) is 41.6 Å². The van der Waals surface area contributed by atoms with E-state index in [1.54, 1.807) is 31.4 Å². The fourth-order valence-corrected chi connectivity index (χ4v) is 4.07. The smallest absolute Gasteiger partial charge is 0.343 e. The first kappa shape index (κ1) is 23.7. The lowest BCUT2D eigenvalue weighted by molar-refractivity contribution is -0.142. The van der Waals surface area contributed by atoms with Crippen LogP contribution in [0.2, 0.25) is 0 Å². The number of pyridine rings is 1. The molecule has 5 rings (SSSR count). The quantitative estimate of drug-likeness (QED) is 0.319. The SMILES string of the molecule is COC(=O)COc1ccc2c(c1)[nH]c(=O)c1c(N)n(-c3cc(OC)c(Oc4ccccc4)cc3C)nc12. The second kappa shape index (κ2) is 9.57. The molecule has 10 heteroatoms. The molecule has 0 spiro atoms. The molecule has 0 radical (unpaired) electrons. The van der Waals surface area contributed by atoms with Gasteiger partial charge in [-0.1, -0.05) is 18.2 Å². The van der Waals surface area contributed by atoms with E-state index in [1.807, 2.05) is 43.3 Å². The van der Waals surface area contributed by atoms with Gasteiger partial charge < -0.3 is 29.7 Å². The molecule has 0 fully saturated rings. The summed E-state index contributed by atoms with van der Waals surface area (Å²) in [6, 6.07) is 18.0. The van der Waals surface area contributed by atoms with Crippen molar-refractivity contribution in [2.24, 2.45) is 0 Å². The Bertz CT molecular complexity index is 1690. The number of anilines is 1. The molecule has 5 aromatic rings. The van der Waals surface area contributed by atoms with E-state index in [9.17, 15) is 9.59 Å². The highest BCUT2D eigenvalue weighted by molar-refractivity contribution is 6.07. The third kappa shape index (κ3) is 4.40. The number of rotatable bonds is 7. The van der Waals surface area contributed by atoms with Crippen molar-refractivity contribution in [1.82, 2.24) is 14.8 Å². The Hall–Kier alpha value is -4.99. The van der Waals surface area contributed by atoms with E-state index in [1.165, 1.54) is 11.8 Å². The number of para-hydroxylation sites is 1. The third-order valence-corrected chi connectivity index (χ3v) is 5.91. The number of hydrogen-bond donors (Lipinski definition) is 2. The molecular weight excluding hydrogens is 476 g/mol. The van der Waals surface area contributed by atoms with Gasteiger partial charge in [-0.25, -0.2) is 9.48 Å². The fraction of sp³-hybridized carbons (Fsp3) is 0.148. The van der Waals surface area contributed by atoms with Crippen LogP contribution in [-0.2, 0) is 9.53 Å². The maximum Gasteiger partial charge on any atom is 0.343 e. The number of nitrogens with zero attached hydrogens (tertiary/aromatic N) is 2. The van der Waals surface area contributed by atoms with Crippen molar-refractivity contribution in [2.75, 3.05) is 26.6 Å². The van der Waals surface area contributed by atoms with Gasteiger partial charge in [0.05, 0.1) is 25.4 Å². The number of benzene rings is 3. The largest absolute Gasteiger partial charge is 0.493 e. The van der Waals surface area contributed by atoms with Crippen LogP contribution in [0.3, 0.4) is 0 Å². The lowest BCUT2D eigenvalue weighted by atomic mass is 10.1. The van der Waals surface area contributed by atoms with Crippen molar-refractivity contribution in [3.8, 4) is 28.7 Å². The van der Waals surface area contributed by atoms with Crippen LogP contribution in [0.1, 0.15) is 5.56 Å². The van der Waals surface area contributed by atoms with E-state index < -0.39 is 11.5 Å². The fourth-order valence-electron chi connectivity index (χ4n) is 4.07. The van der Waals surface area contributed by atoms with Gasteiger partial charge in [-0.05, 0) is 42.8 Å². The molecule has 2 aromatic heterocycles. The number of H-pyrrole nitrogens is 1. The molecule has 3 N–H and O–H groups in total. The first-order valence-electron chi connectivity index (χ1n) is 11.4. The normalized spacial score (nSPS) is 11.0. The standard InChI is InChI=1S/C27H24N4O6/c1-15-11-22(37-16-7-5-4-6-8-16)21(34-2)13-20(15)31-26(28)24-25(30-31)18-10-9-17(36-14-23(32)35-3)12-19(18)29-27(24)33/h4-13H,14,28H2,1-3H3,(H,29,33). The van der Waals surface area contributed by atoms with Crippen molar-refractivity contribution < 1.29 is 23.7 Å². The molecule has 0 saturated heterocycles. The van der Waals surface area contributed by atoms with Gasteiger partial charge in [0, 0.05) is 17.5 Å². The minimum atomic E-state index is -0.512. The average molecular weight is 501 g/mol. The van der Waals surface area contributed by atoms with Gasteiger partial charge in [-0.2, -0.15) is 5.10 Å². The minimum Gasteiger partial charge on any atom is -0.493 e. The molecule has 37 heavy (non-hydrogen) atoms. The highest BCUT2D eigenvalue weighted by Crippen LogP contribution is 2.37. The molecule has 0 unspecified atom stereocenters. The zero-order chi connectivity index (χ0) is 26.1. The molecule has 0 aliphatic carbocycles. The van der Waals surface area contributed by atoms with Crippen LogP contribution in [0.5, 0.6) is 23.0 Å². The van der Waals surface area contributed by atoms with Crippen molar-refractivity contribution in [3.63, 3.8) is 0 Å². The van der Waals surface area contributed by atoms with Crippen molar-refractivity contribution in [1.29, 1.82) is 0 Å². The number of fused-ring (bicyclic) bond motifs is 3. The summed E-state index contributed by atoms with van der Waals surface area (Å²) in [5.41, 5.74) is 8.41. The molecule has 0 aliphatic rings. The number of carbonyl (C=O) groups is 1. The Labute approximate surface area is 211 Å². The number of nitrogens with one attached hydrogen (secondary N) is 1. The number of esters is 1. The minimum absolute atomic E-state index is 0.186. The summed E-state index contributed by atoms with van der Waals surface area (Å²) in [5, 5.41) is 5.63. The lowest BCUT2D eigenvalue weighted by Crippen LogP contribution is -2.12. The molecule has 2 heterocycles. The number of nitrogen functional groups attached to an aromatic ring is 1. The summed E-state index contributed by atoms with van der Waals surface area (Å²) in [6.45, 7) is 1.65. The predicted octanol–water partition coefficient (Wildman–Crippen LogP) is 4.11. The average Bonchev–Trinajstić information content (AvgIpc) is 3.25. The van der Waals surface area contributed by atoms with Crippen LogP contribution in [0.25, 0.3) is 27.5 Å². The summed E-state index contributed by atoms with van der Waals surface area (Å²) in [7, 11) is 2.83. The Balaban J connectivity index is 1.59. The van der Waals surface area contributed by atoms with Crippen molar-refractivity contribution in [2.45, 2.75) is 6.92 Å². The van der Waals surface area contributed by atoms with Crippen LogP contribution in [0, 0.1) is 6.92 Å². The highest BCUT2D eigenvalue weighted by Gasteiger charge is 2.20. The second-order valence-electron chi connectivity index (χ2n) is 8.25. The molecule has 188 valence electrons. The first-order chi connectivity index (χ1) is 17.9. The van der Waals surface area contributed by atoms with E-state index in [-0.39, 0.29) is 17.8 Å². The molecule has 0 amide bonds. The van der Waals surface area contributed by atoms with Gasteiger partial charge in [0.25, 0.3) is 5.56 Å². The summed E-state index contributed by atoms with van der Waals surface area (Å²) in [6.07, 6.45) is 0. The molecule has 3 aromatic carbocycles. The number of nitrogens with two attached hydrogens (primary N) is 1. The first-order valence-corrected chi connectivity index (χ1v) is 11.4. The van der Waals surface area contributed by atoms with Gasteiger partial charge in [0.15, 0.2) is 18.1 Å². The van der Waals surface area contributed by atoms with Crippen LogP contribution in [0.4, 0.5) is 5.82 Å². The number of aromatic amines is 1. The zero-order valence-corrected chi connectivity index (χ0v) is 20.4. The van der Waals surface area contributed by atoms with Gasteiger partial charge in [-0.15, -0.1) is 0 Å². The molecule has 0 saturated carbocycles. The Morgan fingerprint density at radius 2 is 1.81 bits per heavy atom. The molecule has 0 bridgehead atoms. The van der Waals surface area contributed by atoms with Gasteiger partial charge in [0.2, 0.25) is 0 Å². The Morgan fingerprint density at radius 1 is 1.03 bits per heavy atom. The van der Waals surface area contributed by atoms with Gasteiger partial charge in [-0.3, -0.25) is 4.79 Å².